The van der Waals surface area contributed by atoms with Gasteiger partial charge in [0.05, 0.1) is 6.61 Å². The van der Waals surface area contributed by atoms with E-state index in [4.69, 9.17) is 24.4 Å². The maximum absolute atomic E-state index is 12.8. The molecule has 2 saturated heterocycles. The van der Waals surface area contributed by atoms with Crippen LogP contribution in [-0.2, 0) is 18.6 Å². The number of ether oxygens (including phenoxy) is 3. The second-order valence-corrected chi connectivity index (χ2v) is 15.4. The maximum atomic E-state index is 12.8. The average molecular weight is 469 g/mol. The largest absolute Gasteiger partial charge is 0.414 e. The van der Waals surface area contributed by atoms with Gasteiger partial charge in [-0.05, 0) is 57.4 Å². The first-order valence-corrected chi connectivity index (χ1v) is 14.4. The SMILES string of the molecule is CC1(C)OC2[C@@H](CO[Si](C)(C)C(C)(C)C)O[C@@H](n3ccc(NCCCCN)nc3=O)[C@H]2O1. The van der Waals surface area contributed by atoms with Crippen molar-refractivity contribution < 1.29 is 18.6 Å². The van der Waals surface area contributed by atoms with Gasteiger partial charge >= 0.3 is 5.69 Å². The van der Waals surface area contributed by atoms with Crippen molar-refractivity contribution in [3.63, 3.8) is 0 Å². The first kappa shape index (κ1) is 25.3. The number of nitrogens with two attached hydrogens (primary N) is 1. The predicted octanol–water partition coefficient (Wildman–Crippen LogP) is 2.83. The Balaban J connectivity index is 1.75. The maximum Gasteiger partial charge on any atom is 0.351 e. The molecule has 0 spiro atoms. The molecule has 0 saturated carbocycles. The van der Waals surface area contributed by atoms with Gasteiger partial charge in [-0.2, -0.15) is 4.98 Å². The first-order valence-electron chi connectivity index (χ1n) is 11.5. The molecule has 3 rings (SSSR count). The van der Waals surface area contributed by atoms with Gasteiger partial charge in [0, 0.05) is 12.7 Å². The van der Waals surface area contributed by atoms with Crippen molar-refractivity contribution in [2.75, 3.05) is 25.0 Å². The summed E-state index contributed by atoms with van der Waals surface area (Å²) in [6, 6.07) is 1.78. The van der Waals surface area contributed by atoms with Crippen LogP contribution in [0.5, 0.6) is 0 Å². The van der Waals surface area contributed by atoms with E-state index in [-0.39, 0.29) is 17.2 Å². The summed E-state index contributed by atoms with van der Waals surface area (Å²) in [6.07, 6.45) is 1.86. The van der Waals surface area contributed by atoms with E-state index < -0.39 is 32.1 Å². The molecule has 0 aliphatic carbocycles. The zero-order valence-electron chi connectivity index (χ0n) is 20.5. The van der Waals surface area contributed by atoms with Crippen LogP contribution in [0.3, 0.4) is 0 Å². The number of nitrogens with one attached hydrogen (secondary N) is 1. The van der Waals surface area contributed by atoms with Crippen LogP contribution >= 0.6 is 0 Å². The second kappa shape index (κ2) is 9.52. The zero-order chi connectivity index (χ0) is 23.7. The van der Waals surface area contributed by atoms with Gasteiger partial charge in [-0.25, -0.2) is 4.79 Å². The third-order valence-corrected chi connectivity index (χ3v) is 11.1. The Morgan fingerprint density at radius 2 is 1.94 bits per heavy atom. The van der Waals surface area contributed by atoms with E-state index in [1.165, 1.54) is 4.57 Å². The van der Waals surface area contributed by atoms with Crippen molar-refractivity contribution >= 4 is 14.1 Å². The Morgan fingerprint density at radius 1 is 1.25 bits per heavy atom. The topological polar surface area (TPSA) is 110 Å². The smallest absolute Gasteiger partial charge is 0.351 e. The molecule has 1 aromatic heterocycles. The lowest BCUT2D eigenvalue weighted by Gasteiger charge is -2.37. The van der Waals surface area contributed by atoms with Gasteiger partial charge in [0.2, 0.25) is 0 Å². The fourth-order valence-electron chi connectivity index (χ4n) is 3.71. The highest BCUT2D eigenvalue weighted by molar-refractivity contribution is 6.74. The fourth-order valence-corrected chi connectivity index (χ4v) is 4.73. The molecule has 2 aliphatic heterocycles. The van der Waals surface area contributed by atoms with Crippen LogP contribution in [0.1, 0.15) is 53.7 Å². The molecule has 1 aromatic rings. The summed E-state index contributed by atoms with van der Waals surface area (Å²) in [7, 11) is -1.96. The fraction of sp³-hybridized carbons (Fsp3) is 0.818. The summed E-state index contributed by atoms with van der Waals surface area (Å²) in [5.74, 6) is -0.215. The molecule has 2 aliphatic rings. The van der Waals surface area contributed by atoms with E-state index in [1.54, 1.807) is 12.3 Å². The molecule has 0 bridgehead atoms. The molecule has 32 heavy (non-hydrogen) atoms. The van der Waals surface area contributed by atoms with Crippen LogP contribution < -0.4 is 16.7 Å². The summed E-state index contributed by atoms with van der Waals surface area (Å²) in [5, 5.41) is 3.25. The van der Waals surface area contributed by atoms with E-state index in [9.17, 15) is 4.79 Å². The monoisotopic (exact) mass is 468 g/mol. The molecule has 182 valence electrons. The molecular weight excluding hydrogens is 428 g/mol. The Kier molecular flexibility index (Phi) is 7.53. The van der Waals surface area contributed by atoms with E-state index in [1.807, 2.05) is 13.8 Å². The molecule has 0 radical (unpaired) electrons. The molecule has 9 nitrogen and oxygen atoms in total. The van der Waals surface area contributed by atoms with Gasteiger partial charge in [-0.15, -0.1) is 0 Å². The Morgan fingerprint density at radius 3 is 2.56 bits per heavy atom. The normalized spacial score (nSPS) is 27.5. The van der Waals surface area contributed by atoms with E-state index in [2.05, 4.69) is 44.2 Å². The zero-order valence-corrected chi connectivity index (χ0v) is 21.5. The average Bonchev–Trinajstić information content (AvgIpc) is 3.16. The molecule has 10 heteroatoms. The van der Waals surface area contributed by atoms with Crippen molar-refractivity contribution in [1.29, 1.82) is 0 Å². The van der Waals surface area contributed by atoms with Crippen molar-refractivity contribution in [2.24, 2.45) is 5.73 Å². The summed E-state index contributed by atoms with van der Waals surface area (Å²) in [5.41, 5.74) is 5.13. The van der Waals surface area contributed by atoms with Crippen LogP contribution in [0.15, 0.2) is 17.1 Å². The quantitative estimate of drug-likeness (QED) is 0.421. The number of anilines is 1. The number of nitrogens with zero attached hydrogens (tertiary/aromatic N) is 2. The summed E-state index contributed by atoms with van der Waals surface area (Å²) in [4.78, 5) is 17.0. The number of aromatic nitrogens is 2. The number of unbranched alkanes of at least 4 members (excludes halogenated alkanes) is 1. The first-order chi connectivity index (χ1) is 14.8. The standard InChI is InChI=1S/C22H40N4O5Si/c1-21(2,3)32(6,7)28-14-15-17-18(31-22(4,5)30-17)19(29-15)26-13-10-16(25-20(26)27)24-12-9-8-11-23/h10,13,15,17-19H,8-9,11-12,14,23H2,1-7H3,(H,24,25,27)/t15-,17?,18+,19-/m1/s1. The molecule has 3 heterocycles. The second-order valence-electron chi connectivity index (χ2n) is 10.6. The van der Waals surface area contributed by atoms with Crippen LogP contribution in [0.25, 0.3) is 0 Å². The molecule has 0 aromatic carbocycles. The van der Waals surface area contributed by atoms with E-state index >= 15 is 0 Å². The summed E-state index contributed by atoms with van der Waals surface area (Å²) < 4.78 is 26.5. The third-order valence-electron chi connectivity index (χ3n) is 6.58. The lowest BCUT2D eigenvalue weighted by molar-refractivity contribution is -0.200. The molecular formula is C22H40N4O5Si. The minimum Gasteiger partial charge on any atom is -0.414 e. The minimum absolute atomic E-state index is 0.0879. The summed E-state index contributed by atoms with van der Waals surface area (Å²) in [6.45, 7) is 16.6. The van der Waals surface area contributed by atoms with Crippen molar-refractivity contribution in [3.8, 4) is 0 Å². The Hall–Kier alpha value is -1.30. The van der Waals surface area contributed by atoms with Gasteiger partial charge in [0.25, 0.3) is 0 Å². The molecule has 3 N–H and O–H groups in total. The number of hydrogen-bond acceptors (Lipinski definition) is 8. The lowest BCUT2D eigenvalue weighted by atomic mass is 10.1. The van der Waals surface area contributed by atoms with Crippen molar-refractivity contribution in [2.45, 2.75) is 95.9 Å². The summed E-state index contributed by atoms with van der Waals surface area (Å²) >= 11 is 0. The number of hydrogen-bond donors (Lipinski definition) is 2. The molecule has 0 amide bonds. The van der Waals surface area contributed by atoms with Gasteiger partial charge < -0.3 is 29.7 Å². The lowest BCUT2D eigenvalue weighted by Crippen LogP contribution is -2.44. The van der Waals surface area contributed by atoms with Crippen molar-refractivity contribution in [1.82, 2.24) is 9.55 Å². The third kappa shape index (κ3) is 5.60. The molecule has 2 fully saturated rings. The molecule has 1 unspecified atom stereocenters. The van der Waals surface area contributed by atoms with Crippen molar-refractivity contribution in [3.05, 3.63) is 22.7 Å². The van der Waals surface area contributed by atoms with Crippen LogP contribution in [0, 0.1) is 0 Å². The van der Waals surface area contributed by atoms with Crippen LogP contribution in [0.4, 0.5) is 5.82 Å². The van der Waals surface area contributed by atoms with Gasteiger partial charge in [-0.3, -0.25) is 4.57 Å². The van der Waals surface area contributed by atoms with E-state index in [0.29, 0.717) is 19.0 Å². The highest BCUT2D eigenvalue weighted by Crippen LogP contribution is 2.44. The van der Waals surface area contributed by atoms with Crippen LogP contribution in [-0.4, -0.2) is 61.7 Å². The number of fused-ring (bicyclic) bond motifs is 1. The predicted molar refractivity (Wildman–Crippen MR) is 126 cm³/mol. The van der Waals surface area contributed by atoms with Gasteiger partial charge in [0.15, 0.2) is 20.3 Å². The van der Waals surface area contributed by atoms with Crippen LogP contribution in [0.2, 0.25) is 18.1 Å². The van der Waals surface area contributed by atoms with Gasteiger partial charge in [0.1, 0.15) is 24.1 Å². The van der Waals surface area contributed by atoms with E-state index in [0.717, 1.165) is 19.4 Å². The Labute approximate surface area is 192 Å². The highest BCUT2D eigenvalue weighted by atomic mass is 28.4. The van der Waals surface area contributed by atoms with Gasteiger partial charge in [-0.1, -0.05) is 20.8 Å². The molecule has 4 atom stereocenters. The Bertz CT molecular complexity index is 838. The minimum atomic E-state index is -1.96. The number of rotatable bonds is 9. The highest BCUT2D eigenvalue weighted by Gasteiger charge is 2.56.